The highest BCUT2D eigenvalue weighted by molar-refractivity contribution is 7.14. The Morgan fingerprint density at radius 2 is 1.66 bits per heavy atom. The number of halogens is 3. The minimum Gasteiger partial charge on any atom is -0.348 e. The summed E-state index contributed by atoms with van der Waals surface area (Å²) >= 11 is 1.62. The van der Waals surface area contributed by atoms with E-state index in [4.69, 9.17) is 4.98 Å². The average molecular weight is 417 g/mol. The Bertz CT molecular complexity index is 991. The molecule has 0 atom stereocenters. The average Bonchev–Trinajstić information content (AvgIpc) is 3.40. The van der Waals surface area contributed by atoms with Gasteiger partial charge in [0.2, 0.25) is 0 Å². The Morgan fingerprint density at radius 1 is 1.00 bits per heavy atom. The standard InChI is InChI=1S/C21H18F3N3OS/c22-21(23,24)16-7-3-15(4-8-16)19(28)25-17-9-5-14(6-10-17)18-13-29-20(26-18)27-11-1-2-12-27/h3-10,13H,1-2,11-12H2,(H,25,28). The van der Waals surface area contributed by atoms with Gasteiger partial charge in [0.1, 0.15) is 0 Å². The molecule has 3 aromatic rings. The largest absolute Gasteiger partial charge is 0.416 e. The molecule has 1 fully saturated rings. The molecule has 1 saturated heterocycles. The second-order valence-electron chi connectivity index (χ2n) is 6.82. The number of amides is 1. The molecule has 1 N–H and O–H groups in total. The van der Waals surface area contributed by atoms with Crippen molar-refractivity contribution in [1.82, 2.24) is 4.98 Å². The van der Waals surface area contributed by atoms with Gasteiger partial charge in [-0.05, 0) is 49.2 Å². The van der Waals surface area contributed by atoms with Crippen LogP contribution in [0.4, 0.5) is 24.0 Å². The van der Waals surface area contributed by atoms with Crippen LogP contribution in [0.1, 0.15) is 28.8 Å². The van der Waals surface area contributed by atoms with E-state index < -0.39 is 17.6 Å². The van der Waals surface area contributed by atoms with E-state index >= 15 is 0 Å². The lowest BCUT2D eigenvalue weighted by molar-refractivity contribution is -0.137. The number of rotatable bonds is 4. The van der Waals surface area contributed by atoms with Crippen molar-refractivity contribution >= 4 is 28.1 Å². The summed E-state index contributed by atoms with van der Waals surface area (Å²) in [7, 11) is 0. The molecule has 0 unspecified atom stereocenters. The van der Waals surface area contributed by atoms with E-state index in [1.807, 2.05) is 17.5 Å². The molecule has 0 saturated carbocycles. The molecule has 0 spiro atoms. The number of anilines is 2. The molecular formula is C21H18F3N3OS. The highest BCUT2D eigenvalue weighted by atomic mass is 32.1. The van der Waals surface area contributed by atoms with Crippen LogP contribution in [0.2, 0.25) is 0 Å². The first kappa shape index (κ1) is 19.4. The second kappa shape index (κ2) is 7.87. The molecule has 2 heterocycles. The van der Waals surface area contributed by atoms with E-state index in [2.05, 4.69) is 10.2 Å². The van der Waals surface area contributed by atoms with Crippen molar-refractivity contribution in [2.45, 2.75) is 19.0 Å². The minimum absolute atomic E-state index is 0.164. The lowest BCUT2D eigenvalue weighted by atomic mass is 10.1. The van der Waals surface area contributed by atoms with Crippen LogP contribution in [0, 0.1) is 0 Å². The summed E-state index contributed by atoms with van der Waals surface area (Å²) in [5.41, 5.74) is 1.78. The molecule has 2 aromatic carbocycles. The van der Waals surface area contributed by atoms with Crippen LogP contribution in [0.15, 0.2) is 53.9 Å². The summed E-state index contributed by atoms with van der Waals surface area (Å²) in [6, 6.07) is 11.4. The van der Waals surface area contributed by atoms with Crippen LogP contribution in [-0.2, 0) is 6.18 Å². The predicted octanol–water partition coefficient (Wildman–Crippen LogP) is 5.68. The van der Waals surface area contributed by atoms with Gasteiger partial charge in [-0.15, -0.1) is 11.3 Å². The number of nitrogens with zero attached hydrogens (tertiary/aromatic N) is 2. The molecule has 8 heteroatoms. The van der Waals surface area contributed by atoms with Gasteiger partial charge < -0.3 is 10.2 Å². The summed E-state index contributed by atoms with van der Waals surface area (Å²) in [5.74, 6) is -0.462. The molecule has 1 amide bonds. The molecule has 29 heavy (non-hydrogen) atoms. The summed E-state index contributed by atoms with van der Waals surface area (Å²) in [5, 5.41) is 5.74. The van der Waals surface area contributed by atoms with E-state index in [9.17, 15) is 18.0 Å². The summed E-state index contributed by atoms with van der Waals surface area (Å²) < 4.78 is 37.9. The van der Waals surface area contributed by atoms with Gasteiger partial charge in [-0.2, -0.15) is 13.2 Å². The van der Waals surface area contributed by atoms with E-state index in [-0.39, 0.29) is 5.56 Å². The van der Waals surface area contributed by atoms with Gasteiger partial charge in [0.15, 0.2) is 5.13 Å². The van der Waals surface area contributed by atoms with Gasteiger partial charge in [0.25, 0.3) is 5.91 Å². The lowest BCUT2D eigenvalue weighted by Gasteiger charge is -2.12. The number of alkyl halides is 3. The van der Waals surface area contributed by atoms with Gasteiger partial charge in [0.05, 0.1) is 11.3 Å². The molecule has 0 bridgehead atoms. The van der Waals surface area contributed by atoms with Gasteiger partial charge in [0, 0.05) is 35.3 Å². The van der Waals surface area contributed by atoms with Crippen molar-refractivity contribution in [3.8, 4) is 11.3 Å². The highest BCUT2D eigenvalue weighted by Gasteiger charge is 2.30. The van der Waals surface area contributed by atoms with Crippen molar-refractivity contribution in [1.29, 1.82) is 0 Å². The molecule has 0 aliphatic carbocycles. The second-order valence-corrected chi connectivity index (χ2v) is 7.65. The number of carbonyl (C=O) groups excluding carboxylic acids is 1. The fourth-order valence-corrected chi connectivity index (χ4v) is 4.08. The molecule has 0 radical (unpaired) electrons. The topological polar surface area (TPSA) is 45.2 Å². The van der Waals surface area contributed by atoms with E-state index in [0.717, 1.165) is 41.6 Å². The Labute approximate surface area is 170 Å². The Kier molecular flexibility index (Phi) is 5.27. The molecule has 150 valence electrons. The molecule has 4 rings (SSSR count). The van der Waals surface area contributed by atoms with Gasteiger partial charge >= 0.3 is 6.18 Å². The number of benzene rings is 2. The molecule has 1 aliphatic heterocycles. The predicted molar refractivity (Wildman–Crippen MR) is 108 cm³/mol. The monoisotopic (exact) mass is 417 g/mol. The van der Waals surface area contributed by atoms with E-state index in [1.165, 1.54) is 25.0 Å². The Balaban J connectivity index is 1.42. The third-order valence-electron chi connectivity index (χ3n) is 4.78. The number of hydrogen-bond acceptors (Lipinski definition) is 4. The first-order valence-corrected chi connectivity index (χ1v) is 10.1. The molecule has 1 aromatic heterocycles. The van der Waals surface area contributed by atoms with Crippen molar-refractivity contribution in [2.24, 2.45) is 0 Å². The fraction of sp³-hybridized carbons (Fsp3) is 0.238. The number of nitrogens with one attached hydrogen (secondary N) is 1. The molecule has 1 aliphatic rings. The summed E-state index contributed by atoms with van der Waals surface area (Å²) in [4.78, 5) is 19.3. The van der Waals surface area contributed by atoms with Crippen molar-refractivity contribution < 1.29 is 18.0 Å². The van der Waals surface area contributed by atoms with Crippen molar-refractivity contribution in [2.75, 3.05) is 23.3 Å². The normalized spacial score (nSPS) is 14.2. The Morgan fingerprint density at radius 3 is 2.28 bits per heavy atom. The number of aromatic nitrogens is 1. The van der Waals surface area contributed by atoms with Crippen LogP contribution < -0.4 is 10.2 Å². The van der Waals surface area contributed by atoms with Gasteiger partial charge in [-0.3, -0.25) is 4.79 Å². The van der Waals surface area contributed by atoms with Gasteiger partial charge in [-0.25, -0.2) is 4.98 Å². The zero-order valence-corrected chi connectivity index (χ0v) is 16.2. The van der Waals surface area contributed by atoms with Crippen molar-refractivity contribution in [3.05, 3.63) is 65.0 Å². The van der Waals surface area contributed by atoms with Gasteiger partial charge in [-0.1, -0.05) is 12.1 Å². The number of carbonyl (C=O) groups is 1. The highest BCUT2D eigenvalue weighted by Crippen LogP contribution is 2.31. The lowest BCUT2D eigenvalue weighted by Crippen LogP contribution is -2.17. The summed E-state index contributed by atoms with van der Waals surface area (Å²) in [6.45, 7) is 2.09. The summed E-state index contributed by atoms with van der Waals surface area (Å²) in [6.07, 6.45) is -2.03. The maximum absolute atomic E-state index is 12.6. The first-order valence-electron chi connectivity index (χ1n) is 9.20. The van der Waals surface area contributed by atoms with E-state index in [0.29, 0.717) is 5.69 Å². The zero-order chi connectivity index (χ0) is 20.4. The van der Waals surface area contributed by atoms with Crippen molar-refractivity contribution in [3.63, 3.8) is 0 Å². The number of thiazole rings is 1. The van der Waals surface area contributed by atoms with Crippen LogP contribution in [0.5, 0.6) is 0 Å². The minimum atomic E-state index is -4.42. The number of hydrogen-bond donors (Lipinski definition) is 1. The van der Waals surface area contributed by atoms with E-state index in [1.54, 1.807) is 23.5 Å². The third kappa shape index (κ3) is 4.42. The molecular weight excluding hydrogens is 399 g/mol. The maximum atomic E-state index is 12.6. The first-order chi connectivity index (χ1) is 13.9. The maximum Gasteiger partial charge on any atom is 0.416 e. The zero-order valence-electron chi connectivity index (χ0n) is 15.4. The third-order valence-corrected chi connectivity index (χ3v) is 5.68. The Hall–Kier alpha value is -2.87. The molecule has 4 nitrogen and oxygen atoms in total. The SMILES string of the molecule is O=C(Nc1ccc(-c2csc(N3CCCC3)n2)cc1)c1ccc(C(F)(F)F)cc1. The van der Waals surface area contributed by atoms with Crippen LogP contribution in [0.3, 0.4) is 0 Å². The smallest absolute Gasteiger partial charge is 0.348 e. The quantitative estimate of drug-likeness (QED) is 0.594. The van der Waals surface area contributed by atoms with Crippen LogP contribution in [0.25, 0.3) is 11.3 Å². The van der Waals surface area contributed by atoms with Crippen LogP contribution in [-0.4, -0.2) is 24.0 Å². The van der Waals surface area contributed by atoms with Crippen LogP contribution >= 0.6 is 11.3 Å². The fourth-order valence-electron chi connectivity index (χ4n) is 3.19.